The summed E-state index contributed by atoms with van der Waals surface area (Å²) in [5.74, 6) is 3.31. The third-order valence-electron chi connectivity index (χ3n) is 7.12. The lowest BCUT2D eigenvalue weighted by atomic mass is 9.74. The average molecular weight is 443 g/mol. The van der Waals surface area contributed by atoms with E-state index in [9.17, 15) is 18.4 Å². The number of hydrogen-bond donors (Lipinski definition) is 1. The Morgan fingerprint density at radius 2 is 2.00 bits per heavy atom. The predicted octanol–water partition coefficient (Wildman–Crippen LogP) is 4.77. The zero-order chi connectivity index (χ0) is 21.5. The summed E-state index contributed by atoms with van der Waals surface area (Å²) in [6, 6.07) is 2.56. The Morgan fingerprint density at radius 1 is 1.27 bits per heavy atom. The van der Waals surface area contributed by atoms with Crippen molar-refractivity contribution in [1.29, 1.82) is 0 Å². The van der Waals surface area contributed by atoms with Gasteiger partial charge in [-0.25, -0.2) is 9.29 Å². The summed E-state index contributed by atoms with van der Waals surface area (Å²) in [6.45, 7) is 7.66. The molecule has 5 nitrogen and oxygen atoms in total. The summed E-state index contributed by atoms with van der Waals surface area (Å²) in [7, 11) is 0. The fourth-order valence-electron chi connectivity index (χ4n) is 5.83. The van der Waals surface area contributed by atoms with E-state index in [4.69, 9.17) is 0 Å². The predicted molar refractivity (Wildman–Crippen MR) is 113 cm³/mol. The summed E-state index contributed by atoms with van der Waals surface area (Å²) in [5.41, 5.74) is 0.273. The van der Waals surface area contributed by atoms with Crippen LogP contribution >= 0.6 is 11.9 Å². The Bertz CT molecular complexity index is 777. The smallest absolute Gasteiger partial charge is 0.411 e. The van der Waals surface area contributed by atoms with E-state index in [2.05, 4.69) is 28.3 Å². The lowest BCUT2D eigenvalue weighted by Crippen LogP contribution is -2.45. The van der Waals surface area contributed by atoms with Gasteiger partial charge in [0.05, 0.1) is 11.3 Å². The molecule has 1 unspecified atom stereocenters. The first-order valence-corrected chi connectivity index (χ1v) is 11.6. The van der Waals surface area contributed by atoms with Gasteiger partial charge in [-0.2, -0.15) is 13.2 Å². The van der Waals surface area contributed by atoms with Crippen molar-refractivity contribution >= 4 is 23.5 Å². The third kappa shape index (κ3) is 3.90. The standard InChI is InChI=1S/C21H29F3N4OS/c1-14(2)19-15-5-6-20(19,17(11-15)26-29)13-30-28-9-7-27(8-10-28)18-4-3-16(12-25-18)21(22,23)24/h3-4,12,14-15,19,29H,5-11,13H2,1-2H3/b26-17+/t15-,19?,20-/m1/s1. The highest BCUT2D eigenvalue weighted by Gasteiger charge is 2.58. The van der Waals surface area contributed by atoms with Crippen LogP contribution in [0.1, 0.15) is 38.7 Å². The van der Waals surface area contributed by atoms with Crippen LogP contribution in [0.25, 0.3) is 0 Å². The van der Waals surface area contributed by atoms with Gasteiger partial charge in [0, 0.05) is 43.5 Å². The molecule has 3 atom stereocenters. The van der Waals surface area contributed by atoms with Crippen LogP contribution in [0.4, 0.5) is 19.0 Å². The average Bonchev–Trinajstić information content (AvgIpc) is 3.25. The Hall–Kier alpha value is -1.48. The maximum absolute atomic E-state index is 12.7. The number of halogens is 3. The zero-order valence-corrected chi connectivity index (χ0v) is 18.2. The van der Waals surface area contributed by atoms with Gasteiger partial charge in [-0.1, -0.05) is 31.0 Å². The van der Waals surface area contributed by atoms with Crippen LogP contribution in [0.2, 0.25) is 0 Å². The number of alkyl halides is 3. The largest absolute Gasteiger partial charge is 0.417 e. The number of fused-ring (bicyclic) bond motifs is 2. The molecule has 4 rings (SSSR count). The Labute approximate surface area is 179 Å². The number of hydrogen-bond acceptors (Lipinski definition) is 6. The Balaban J connectivity index is 1.34. The molecule has 3 aliphatic rings. The van der Waals surface area contributed by atoms with Crippen molar-refractivity contribution < 1.29 is 18.4 Å². The lowest BCUT2D eigenvalue weighted by molar-refractivity contribution is -0.137. The minimum absolute atomic E-state index is 0.00433. The quantitative estimate of drug-likeness (QED) is 0.404. The van der Waals surface area contributed by atoms with Crippen LogP contribution in [-0.4, -0.2) is 52.1 Å². The minimum atomic E-state index is -4.36. The molecule has 1 aliphatic heterocycles. The van der Waals surface area contributed by atoms with Gasteiger partial charge in [-0.15, -0.1) is 0 Å². The molecule has 1 aromatic rings. The maximum Gasteiger partial charge on any atom is 0.417 e. The topological polar surface area (TPSA) is 52.0 Å². The van der Waals surface area contributed by atoms with Crippen molar-refractivity contribution in [3.63, 3.8) is 0 Å². The summed E-state index contributed by atoms with van der Waals surface area (Å²) < 4.78 is 40.5. The maximum atomic E-state index is 12.7. The molecule has 0 radical (unpaired) electrons. The summed E-state index contributed by atoms with van der Waals surface area (Å²) in [6.07, 6.45) is -0.205. The second-order valence-electron chi connectivity index (χ2n) is 9.07. The molecule has 2 saturated carbocycles. The van der Waals surface area contributed by atoms with Crippen molar-refractivity contribution in [3.8, 4) is 0 Å². The number of aromatic nitrogens is 1. The first kappa shape index (κ1) is 21.7. The van der Waals surface area contributed by atoms with Crippen LogP contribution in [0.15, 0.2) is 23.5 Å². The molecule has 0 amide bonds. The monoisotopic (exact) mass is 442 g/mol. The van der Waals surface area contributed by atoms with Gasteiger partial charge in [0.25, 0.3) is 0 Å². The van der Waals surface area contributed by atoms with Gasteiger partial charge in [-0.3, -0.25) is 0 Å². The minimum Gasteiger partial charge on any atom is -0.411 e. The van der Waals surface area contributed by atoms with Gasteiger partial charge in [-0.05, 0) is 49.1 Å². The van der Waals surface area contributed by atoms with E-state index in [-0.39, 0.29) is 5.41 Å². The van der Waals surface area contributed by atoms with E-state index < -0.39 is 11.7 Å². The van der Waals surface area contributed by atoms with Crippen LogP contribution < -0.4 is 4.90 Å². The number of anilines is 1. The second-order valence-corrected chi connectivity index (χ2v) is 10.1. The second kappa shape index (κ2) is 8.22. The SMILES string of the molecule is CC(C)C1[C@@H]2CC[C@@]1(CSN1CCN(c3ccc(C(F)(F)F)cn3)CC1)/C(=N/O)C2. The third-order valence-corrected chi connectivity index (χ3v) is 8.49. The van der Waals surface area contributed by atoms with Gasteiger partial charge < -0.3 is 10.1 Å². The first-order chi connectivity index (χ1) is 14.2. The first-order valence-electron chi connectivity index (χ1n) is 10.6. The molecule has 2 aliphatic carbocycles. The highest BCUT2D eigenvalue weighted by Crippen LogP contribution is 2.60. The summed E-state index contributed by atoms with van der Waals surface area (Å²) >= 11 is 1.83. The molecular weight excluding hydrogens is 413 g/mol. The number of oxime groups is 1. The molecule has 0 aromatic carbocycles. The van der Waals surface area contributed by atoms with Gasteiger partial charge in [0.2, 0.25) is 0 Å². The van der Waals surface area contributed by atoms with Crippen molar-refractivity contribution in [2.45, 2.75) is 39.3 Å². The zero-order valence-electron chi connectivity index (χ0n) is 17.4. The molecule has 2 bridgehead atoms. The molecule has 2 heterocycles. The van der Waals surface area contributed by atoms with E-state index in [1.165, 1.54) is 12.5 Å². The number of nitrogens with zero attached hydrogens (tertiary/aromatic N) is 4. The van der Waals surface area contributed by atoms with Gasteiger partial charge in [0.15, 0.2) is 0 Å². The van der Waals surface area contributed by atoms with Crippen LogP contribution in [0.3, 0.4) is 0 Å². The normalized spacial score (nSPS) is 31.3. The number of piperazine rings is 1. The van der Waals surface area contributed by atoms with E-state index in [0.29, 0.717) is 23.6 Å². The number of pyridine rings is 1. The Morgan fingerprint density at radius 3 is 2.57 bits per heavy atom. The molecule has 1 saturated heterocycles. The van der Waals surface area contributed by atoms with Crippen LogP contribution in [0, 0.1) is 23.2 Å². The molecule has 9 heteroatoms. The van der Waals surface area contributed by atoms with Crippen molar-refractivity contribution in [2.24, 2.45) is 28.3 Å². The molecule has 166 valence electrons. The van der Waals surface area contributed by atoms with Crippen LogP contribution in [-0.2, 0) is 6.18 Å². The Kier molecular flexibility index (Phi) is 5.96. The summed E-state index contributed by atoms with van der Waals surface area (Å²) in [4.78, 5) is 6.06. The van der Waals surface area contributed by atoms with Crippen molar-refractivity contribution in [1.82, 2.24) is 9.29 Å². The van der Waals surface area contributed by atoms with Gasteiger partial charge in [0.1, 0.15) is 5.82 Å². The molecule has 0 spiro atoms. The van der Waals surface area contributed by atoms with Crippen molar-refractivity contribution in [2.75, 3.05) is 36.8 Å². The summed E-state index contributed by atoms with van der Waals surface area (Å²) in [5, 5.41) is 13.3. The van der Waals surface area contributed by atoms with Crippen LogP contribution in [0.5, 0.6) is 0 Å². The molecule has 1 aromatic heterocycles. The molecule has 3 fully saturated rings. The van der Waals surface area contributed by atoms with E-state index in [1.54, 1.807) is 0 Å². The highest BCUT2D eigenvalue weighted by molar-refractivity contribution is 7.97. The van der Waals surface area contributed by atoms with Gasteiger partial charge >= 0.3 is 6.18 Å². The van der Waals surface area contributed by atoms with E-state index in [0.717, 1.165) is 62.7 Å². The molecular formula is C21H29F3N4OS. The highest BCUT2D eigenvalue weighted by atomic mass is 32.2. The van der Waals surface area contributed by atoms with E-state index >= 15 is 0 Å². The van der Waals surface area contributed by atoms with E-state index in [1.807, 2.05) is 16.8 Å². The number of rotatable bonds is 5. The molecule has 1 N–H and O–H groups in total. The van der Waals surface area contributed by atoms with Crippen molar-refractivity contribution in [3.05, 3.63) is 23.9 Å². The lowest BCUT2D eigenvalue weighted by Gasteiger charge is -2.38. The fraction of sp³-hybridized carbons (Fsp3) is 0.714. The molecule has 30 heavy (non-hydrogen) atoms. The fourth-order valence-corrected chi connectivity index (χ4v) is 7.16.